The van der Waals surface area contributed by atoms with Crippen LogP contribution in [0.4, 0.5) is 0 Å². The first-order valence-corrected chi connectivity index (χ1v) is 9.06. The van der Waals surface area contributed by atoms with Crippen LogP contribution in [0.5, 0.6) is 0 Å². The Hall–Kier alpha value is -2.41. The summed E-state index contributed by atoms with van der Waals surface area (Å²) in [6.45, 7) is 8.78. The van der Waals surface area contributed by atoms with Crippen molar-refractivity contribution in [2.45, 2.75) is 59.2 Å². The van der Waals surface area contributed by atoms with Gasteiger partial charge >= 0.3 is 0 Å². The average molecular weight is 357 g/mol. The highest BCUT2D eigenvalue weighted by atomic mass is 16.3. The number of aromatic nitrogens is 5. The minimum Gasteiger partial charge on any atom is -0.456 e. The highest BCUT2D eigenvalue weighted by Crippen LogP contribution is 2.23. The monoisotopic (exact) mass is 357 g/mol. The molecule has 0 saturated carbocycles. The van der Waals surface area contributed by atoms with Gasteiger partial charge in [0.2, 0.25) is 0 Å². The number of rotatable bonds is 8. The van der Waals surface area contributed by atoms with E-state index >= 15 is 0 Å². The molecule has 0 bridgehead atoms. The lowest BCUT2D eigenvalue weighted by molar-refractivity contribution is 0.0579. The van der Waals surface area contributed by atoms with Gasteiger partial charge in [-0.05, 0) is 38.0 Å². The second kappa shape index (κ2) is 7.45. The summed E-state index contributed by atoms with van der Waals surface area (Å²) >= 11 is 0. The van der Waals surface area contributed by atoms with E-state index in [-0.39, 0.29) is 0 Å². The van der Waals surface area contributed by atoms with Crippen LogP contribution in [0.3, 0.4) is 0 Å². The van der Waals surface area contributed by atoms with Gasteiger partial charge in [0, 0.05) is 18.8 Å². The Kier molecular flexibility index (Phi) is 5.27. The summed E-state index contributed by atoms with van der Waals surface area (Å²) in [4.78, 5) is 4.69. The molecule has 0 spiro atoms. The molecule has 0 fully saturated rings. The predicted molar refractivity (Wildman–Crippen MR) is 98.5 cm³/mol. The molecular formula is C19H27N5O2. The van der Waals surface area contributed by atoms with E-state index in [1.165, 1.54) is 0 Å². The smallest absolute Gasteiger partial charge is 0.194 e. The standard InChI is InChI=1S/C19H27N5O2/c1-5-14(2)11-17-21-18(24(22-17)13-19(3,4)25)16-8-7-15(26-16)12-23-10-6-9-20-23/h6-10,14,25H,5,11-13H2,1-4H3. The maximum Gasteiger partial charge on any atom is 0.194 e. The summed E-state index contributed by atoms with van der Waals surface area (Å²) in [5, 5.41) is 19.0. The van der Waals surface area contributed by atoms with Gasteiger partial charge in [-0.25, -0.2) is 9.67 Å². The molecule has 0 aromatic carbocycles. The van der Waals surface area contributed by atoms with Crippen LogP contribution in [0.15, 0.2) is 35.0 Å². The van der Waals surface area contributed by atoms with Crippen molar-refractivity contribution in [1.29, 1.82) is 0 Å². The highest BCUT2D eigenvalue weighted by molar-refractivity contribution is 5.47. The Morgan fingerprint density at radius 1 is 1.31 bits per heavy atom. The number of hydrogen-bond donors (Lipinski definition) is 1. The first-order chi connectivity index (χ1) is 12.3. The summed E-state index contributed by atoms with van der Waals surface area (Å²) < 4.78 is 9.53. The SMILES string of the molecule is CCC(C)Cc1nc(-c2ccc(Cn3cccn3)o2)n(CC(C)(C)O)n1. The molecule has 3 rings (SSSR count). The van der Waals surface area contributed by atoms with E-state index in [1.54, 1.807) is 29.4 Å². The molecule has 1 N–H and O–H groups in total. The van der Waals surface area contributed by atoms with Crippen LogP contribution < -0.4 is 0 Å². The Morgan fingerprint density at radius 2 is 2.12 bits per heavy atom. The summed E-state index contributed by atoms with van der Waals surface area (Å²) in [5.74, 6) is 3.39. The molecule has 0 amide bonds. The van der Waals surface area contributed by atoms with Gasteiger partial charge in [0.1, 0.15) is 5.76 Å². The van der Waals surface area contributed by atoms with Crippen LogP contribution in [-0.4, -0.2) is 35.3 Å². The molecule has 3 heterocycles. The van der Waals surface area contributed by atoms with E-state index in [9.17, 15) is 5.11 Å². The first-order valence-electron chi connectivity index (χ1n) is 9.06. The maximum absolute atomic E-state index is 10.2. The average Bonchev–Trinajstić information content (AvgIpc) is 3.28. The molecule has 0 aliphatic heterocycles. The van der Waals surface area contributed by atoms with E-state index in [0.717, 1.165) is 24.4 Å². The number of nitrogens with zero attached hydrogens (tertiary/aromatic N) is 5. The van der Waals surface area contributed by atoms with Gasteiger partial charge in [-0.2, -0.15) is 10.2 Å². The second-order valence-electron chi connectivity index (χ2n) is 7.51. The van der Waals surface area contributed by atoms with E-state index in [1.807, 2.05) is 24.4 Å². The third kappa shape index (κ3) is 4.60. The number of aliphatic hydroxyl groups is 1. The second-order valence-corrected chi connectivity index (χ2v) is 7.51. The fourth-order valence-corrected chi connectivity index (χ4v) is 2.73. The van der Waals surface area contributed by atoms with Crippen molar-refractivity contribution in [3.63, 3.8) is 0 Å². The van der Waals surface area contributed by atoms with Gasteiger partial charge in [-0.15, -0.1) is 0 Å². The van der Waals surface area contributed by atoms with Crippen molar-refractivity contribution >= 4 is 0 Å². The predicted octanol–water partition coefficient (Wildman–Crippen LogP) is 3.14. The minimum absolute atomic E-state index is 0.352. The highest BCUT2D eigenvalue weighted by Gasteiger charge is 2.22. The van der Waals surface area contributed by atoms with Gasteiger partial charge < -0.3 is 9.52 Å². The number of furan rings is 1. The molecule has 0 aliphatic carbocycles. The van der Waals surface area contributed by atoms with Gasteiger partial charge in [0.15, 0.2) is 17.4 Å². The molecule has 26 heavy (non-hydrogen) atoms. The van der Waals surface area contributed by atoms with Crippen molar-refractivity contribution in [1.82, 2.24) is 24.5 Å². The summed E-state index contributed by atoms with van der Waals surface area (Å²) in [6.07, 6.45) is 5.52. The molecule has 1 unspecified atom stereocenters. The molecule has 0 aliphatic rings. The number of hydrogen-bond acceptors (Lipinski definition) is 5. The van der Waals surface area contributed by atoms with E-state index < -0.39 is 5.60 Å². The van der Waals surface area contributed by atoms with E-state index in [4.69, 9.17) is 4.42 Å². The zero-order valence-corrected chi connectivity index (χ0v) is 15.9. The van der Waals surface area contributed by atoms with Crippen molar-refractivity contribution in [3.05, 3.63) is 42.2 Å². The molecule has 7 heteroatoms. The van der Waals surface area contributed by atoms with Crippen LogP contribution in [0.25, 0.3) is 11.6 Å². The molecule has 3 aromatic rings. The van der Waals surface area contributed by atoms with Gasteiger partial charge in [0.05, 0.1) is 18.7 Å². The zero-order chi connectivity index (χ0) is 18.7. The van der Waals surface area contributed by atoms with Crippen LogP contribution in [-0.2, 0) is 19.5 Å². The summed E-state index contributed by atoms with van der Waals surface area (Å²) in [7, 11) is 0. The normalized spacial score (nSPS) is 13.3. The van der Waals surface area contributed by atoms with Crippen LogP contribution in [0, 0.1) is 5.92 Å². The summed E-state index contributed by atoms with van der Waals surface area (Å²) in [5.41, 5.74) is -0.888. The van der Waals surface area contributed by atoms with Crippen molar-refractivity contribution < 1.29 is 9.52 Å². The molecule has 3 aromatic heterocycles. The van der Waals surface area contributed by atoms with Crippen molar-refractivity contribution in [2.75, 3.05) is 0 Å². The van der Waals surface area contributed by atoms with Crippen LogP contribution >= 0.6 is 0 Å². The minimum atomic E-state index is -0.888. The van der Waals surface area contributed by atoms with Gasteiger partial charge in [-0.1, -0.05) is 20.3 Å². The lowest BCUT2D eigenvalue weighted by atomic mass is 10.1. The maximum atomic E-state index is 10.2. The fourth-order valence-electron chi connectivity index (χ4n) is 2.73. The van der Waals surface area contributed by atoms with Crippen molar-refractivity contribution in [2.24, 2.45) is 5.92 Å². The van der Waals surface area contributed by atoms with Crippen LogP contribution in [0.1, 0.15) is 45.7 Å². The quantitative estimate of drug-likeness (QED) is 0.670. The largest absolute Gasteiger partial charge is 0.456 e. The Morgan fingerprint density at radius 3 is 2.77 bits per heavy atom. The third-order valence-corrected chi connectivity index (χ3v) is 4.24. The Labute approximate surface area is 153 Å². The molecule has 0 saturated heterocycles. The topological polar surface area (TPSA) is 81.9 Å². The van der Waals surface area contributed by atoms with Gasteiger partial charge in [-0.3, -0.25) is 4.68 Å². The molecule has 0 radical (unpaired) electrons. The summed E-state index contributed by atoms with van der Waals surface area (Å²) in [6, 6.07) is 5.70. The molecule has 1 atom stereocenters. The lowest BCUT2D eigenvalue weighted by Gasteiger charge is -2.17. The van der Waals surface area contributed by atoms with Crippen molar-refractivity contribution in [3.8, 4) is 11.6 Å². The zero-order valence-electron chi connectivity index (χ0n) is 15.9. The molecule has 7 nitrogen and oxygen atoms in total. The van der Waals surface area contributed by atoms with Gasteiger partial charge in [0.25, 0.3) is 0 Å². The first kappa shape index (κ1) is 18.4. The Bertz CT molecular complexity index is 827. The molecule has 140 valence electrons. The Balaban J connectivity index is 1.88. The molecular weight excluding hydrogens is 330 g/mol. The fraction of sp³-hybridized carbons (Fsp3) is 0.526. The lowest BCUT2D eigenvalue weighted by Crippen LogP contribution is -2.27. The third-order valence-electron chi connectivity index (χ3n) is 4.24. The van der Waals surface area contributed by atoms with Crippen LogP contribution in [0.2, 0.25) is 0 Å². The van der Waals surface area contributed by atoms with E-state index in [0.29, 0.717) is 30.6 Å². The van der Waals surface area contributed by atoms with E-state index in [2.05, 4.69) is 29.0 Å².